The van der Waals surface area contributed by atoms with Crippen LogP contribution in [0.2, 0.25) is 0 Å². The van der Waals surface area contributed by atoms with Crippen LogP contribution in [0.4, 0.5) is 0 Å². The lowest BCUT2D eigenvalue weighted by Crippen LogP contribution is -1.96. The van der Waals surface area contributed by atoms with Crippen molar-refractivity contribution < 1.29 is 0 Å². The van der Waals surface area contributed by atoms with Gasteiger partial charge in [0.25, 0.3) is 0 Å². The lowest BCUT2D eigenvalue weighted by atomic mass is 10.1. The second-order valence-electron chi connectivity index (χ2n) is 12.9. The molecule has 0 saturated heterocycles. The summed E-state index contributed by atoms with van der Waals surface area (Å²) in [5.74, 6) is 0. The Kier molecular flexibility index (Phi) is 5.38. The molecule has 0 aliphatic heterocycles. The molecule has 49 heavy (non-hydrogen) atoms. The quantitative estimate of drug-likeness (QED) is 0.186. The van der Waals surface area contributed by atoms with Crippen LogP contribution in [0.25, 0.3) is 93.3 Å². The summed E-state index contributed by atoms with van der Waals surface area (Å²) < 4.78 is 7.31. The van der Waals surface area contributed by atoms with Crippen molar-refractivity contribution in [1.82, 2.24) is 13.7 Å². The molecule has 8 aromatic carbocycles. The van der Waals surface area contributed by atoms with E-state index < -0.39 is 0 Å². The van der Waals surface area contributed by atoms with Crippen molar-refractivity contribution in [2.24, 2.45) is 0 Å². The van der Waals surface area contributed by atoms with Crippen LogP contribution in [0.5, 0.6) is 0 Å². The van der Waals surface area contributed by atoms with Gasteiger partial charge in [0.1, 0.15) is 0 Å². The molecule has 0 saturated carbocycles. The third-order valence-electron chi connectivity index (χ3n) is 10.4. The predicted octanol–water partition coefficient (Wildman–Crippen LogP) is 12.1. The Hall–Kier alpha value is -6.58. The molecule has 0 spiro atoms. The monoisotopic (exact) mass is 623 g/mol. The Morgan fingerprint density at radius 1 is 0.265 bits per heavy atom. The van der Waals surface area contributed by atoms with Crippen LogP contribution in [0.1, 0.15) is 0 Å². The summed E-state index contributed by atoms with van der Waals surface area (Å²) in [5, 5.41) is 10.1. The van der Waals surface area contributed by atoms with E-state index in [4.69, 9.17) is 0 Å². The Labute approximate surface area is 282 Å². The average Bonchev–Trinajstić information content (AvgIpc) is 3.81. The molecule has 0 atom stereocenters. The minimum atomic E-state index is 1.16. The minimum absolute atomic E-state index is 1.16. The van der Waals surface area contributed by atoms with Crippen LogP contribution in [-0.4, -0.2) is 13.7 Å². The number of nitrogens with zero attached hydrogens (tertiary/aromatic N) is 3. The summed E-state index contributed by atoms with van der Waals surface area (Å²) in [6, 6.07) is 64.1. The summed E-state index contributed by atoms with van der Waals surface area (Å²) >= 11 is 0. The van der Waals surface area contributed by atoms with Crippen molar-refractivity contribution in [2.75, 3.05) is 0 Å². The van der Waals surface area contributed by atoms with E-state index >= 15 is 0 Å². The van der Waals surface area contributed by atoms with E-state index in [-0.39, 0.29) is 0 Å². The summed E-state index contributed by atoms with van der Waals surface area (Å²) in [5.41, 5.74) is 10.8. The minimum Gasteiger partial charge on any atom is -0.309 e. The molecule has 0 radical (unpaired) electrons. The fourth-order valence-electron chi connectivity index (χ4n) is 8.40. The number of fused-ring (bicyclic) bond motifs is 12. The van der Waals surface area contributed by atoms with Crippen molar-refractivity contribution in [3.05, 3.63) is 176 Å². The predicted molar refractivity (Wildman–Crippen MR) is 207 cm³/mol. The highest BCUT2D eigenvalue weighted by atomic mass is 15.0. The number of para-hydroxylation sites is 4. The summed E-state index contributed by atoms with van der Waals surface area (Å²) in [4.78, 5) is 0. The average molecular weight is 624 g/mol. The SMILES string of the molecule is c1ccc(-n2c3ccccc3c3c4c5ccccc5n(-c5ccc6c(c5)c5ccc7ccccc7c5n6-c5ccccc5)c4ccc32)cc1. The van der Waals surface area contributed by atoms with Gasteiger partial charge in [0.15, 0.2) is 0 Å². The maximum atomic E-state index is 2.46. The van der Waals surface area contributed by atoms with Gasteiger partial charge < -0.3 is 13.7 Å². The normalized spacial score (nSPS) is 12.1. The smallest absolute Gasteiger partial charge is 0.0619 e. The zero-order chi connectivity index (χ0) is 32.1. The molecule has 11 aromatic rings. The van der Waals surface area contributed by atoms with Gasteiger partial charge >= 0.3 is 0 Å². The van der Waals surface area contributed by atoms with Crippen LogP contribution in [0.3, 0.4) is 0 Å². The standard InChI is InChI=1S/C46H29N3/c1-3-14-31(15-4-1)47-39-21-11-9-19-36(39)44-42(47)27-28-43-45(44)37-20-10-12-22-40(37)48(43)33-24-26-41-38(29-33)35-25-23-30-13-7-8-18-34(30)46(35)49(41)32-16-5-2-6-17-32/h1-29H. The summed E-state index contributed by atoms with van der Waals surface area (Å²) in [6.07, 6.45) is 0. The molecule has 0 aliphatic rings. The van der Waals surface area contributed by atoms with Crippen molar-refractivity contribution in [3.8, 4) is 17.1 Å². The highest BCUT2D eigenvalue weighted by Crippen LogP contribution is 2.43. The third kappa shape index (κ3) is 3.62. The van der Waals surface area contributed by atoms with Crippen molar-refractivity contribution in [1.29, 1.82) is 0 Å². The fraction of sp³-hybridized carbons (Fsp3) is 0. The van der Waals surface area contributed by atoms with Gasteiger partial charge in [0.2, 0.25) is 0 Å². The second-order valence-corrected chi connectivity index (χ2v) is 12.9. The number of benzene rings is 8. The molecule has 0 aliphatic carbocycles. The Bertz CT molecular complexity index is 3090. The lowest BCUT2D eigenvalue weighted by molar-refractivity contribution is 1.17. The van der Waals surface area contributed by atoms with Crippen LogP contribution in [-0.2, 0) is 0 Å². The molecule has 3 aromatic heterocycles. The van der Waals surface area contributed by atoms with Crippen molar-refractivity contribution in [2.45, 2.75) is 0 Å². The van der Waals surface area contributed by atoms with Gasteiger partial charge in [0, 0.05) is 54.8 Å². The van der Waals surface area contributed by atoms with E-state index in [0.717, 1.165) is 5.69 Å². The molecular weight excluding hydrogens is 595 g/mol. The van der Waals surface area contributed by atoms with E-state index in [0.29, 0.717) is 0 Å². The highest BCUT2D eigenvalue weighted by Gasteiger charge is 2.21. The second kappa shape index (κ2) is 9.96. The first-order valence-corrected chi connectivity index (χ1v) is 16.9. The Morgan fingerprint density at radius 2 is 0.755 bits per heavy atom. The molecule has 0 fully saturated rings. The van der Waals surface area contributed by atoms with Gasteiger partial charge in [-0.05, 0) is 72.1 Å². The number of rotatable bonds is 3. The van der Waals surface area contributed by atoms with Crippen LogP contribution in [0, 0.1) is 0 Å². The Balaban J connectivity index is 1.26. The lowest BCUT2D eigenvalue weighted by Gasteiger charge is -2.11. The van der Waals surface area contributed by atoms with Crippen LogP contribution in [0.15, 0.2) is 176 Å². The Morgan fingerprint density at radius 3 is 1.41 bits per heavy atom. The van der Waals surface area contributed by atoms with Gasteiger partial charge in [-0.1, -0.05) is 109 Å². The molecule has 11 rings (SSSR count). The van der Waals surface area contributed by atoms with Crippen LogP contribution < -0.4 is 0 Å². The summed E-state index contributed by atoms with van der Waals surface area (Å²) in [6.45, 7) is 0. The molecule has 228 valence electrons. The van der Waals surface area contributed by atoms with E-state index in [1.807, 2.05) is 0 Å². The topological polar surface area (TPSA) is 14.8 Å². The highest BCUT2D eigenvalue weighted by molar-refractivity contribution is 6.29. The van der Waals surface area contributed by atoms with Crippen molar-refractivity contribution in [3.63, 3.8) is 0 Å². The van der Waals surface area contributed by atoms with Gasteiger partial charge in [-0.25, -0.2) is 0 Å². The third-order valence-corrected chi connectivity index (χ3v) is 10.4. The largest absolute Gasteiger partial charge is 0.309 e. The number of aromatic nitrogens is 3. The van der Waals surface area contributed by atoms with E-state index in [9.17, 15) is 0 Å². The first-order chi connectivity index (χ1) is 24.3. The summed E-state index contributed by atoms with van der Waals surface area (Å²) in [7, 11) is 0. The van der Waals surface area contributed by atoms with Gasteiger partial charge in [0.05, 0.1) is 33.1 Å². The van der Waals surface area contributed by atoms with E-state index in [2.05, 4.69) is 190 Å². The molecule has 0 amide bonds. The molecule has 3 heterocycles. The van der Waals surface area contributed by atoms with Crippen LogP contribution >= 0.6 is 0 Å². The molecule has 0 unspecified atom stereocenters. The first kappa shape index (κ1) is 26.5. The van der Waals surface area contributed by atoms with Gasteiger partial charge in [-0.2, -0.15) is 0 Å². The van der Waals surface area contributed by atoms with Crippen molar-refractivity contribution >= 4 is 76.2 Å². The zero-order valence-corrected chi connectivity index (χ0v) is 26.6. The van der Waals surface area contributed by atoms with E-state index in [1.54, 1.807) is 0 Å². The van der Waals surface area contributed by atoms with E-state index in [1.165, 1.54) is 87.6 Å². The number of hydrogen-bond acceptors (Lipinski definition) is 0. The maximum absolute atomic E-state index is 2.46. The number of hydrogen-bond donors (Lipinski definition) is 0. The van der Waals surface area contributed by atoms with Gasteiger partial charge in [-0.3, -0.25) is 0 Å². The first-order valence-electron chi connectivity index (χ1n) is 16.9. The molecule has 3 nitrogen and oxygen atoms in total. The molecule has 3 heteroatoms. The van der Waals surface area contributed by atoms with Gasteiger partial charge in [-0.15, -0.1) is 0 Å². The fourth-order valence-corrected chi connectivity index (χ4v) is 8.40. The zero-order valence-electron chi connectivity index (χ0n) is 26.6. The molecule has 0 bridgehead atoms. The maximum Gasteiger partial charge on any atom is 0.0619 e. The molecule has 0 N–H and O–H groups in total. The molecular formula is C46H29N3.